The molecule has 4 unspecified atom stereocenters. The van der Waals surface area contributed by atoms with E-state index >= 15 is 0 Å². The first-order chi connectivity index (χ1) is 13.5. The van der Waals surface area contributed by atoms with Gasteiger partial charge in [0.15, 0.2) is 0 Å². The molecule has 2 aliphatic carbocycles. The van der Waals surface area contributed by atoms with Crippen LogP contribution in [0.4, 0.5) is 5.69 Å². The van der Waals surface area contributed by atoms with Gasteiger partial charge in [-0.2, -0.15) is 0 Å². The molecule has 3 aliphatic rings. The molecule has 6 heteroatoms. The van der Waals surface area contributed by atoms with Crippen LogP contribution in [0.15, 0.2) is 36.4 Å². The van der Waals surface area contributed by atoms with Crippen molar-refractivity contribution >= 4 is 23.5 Å². The van der Waals surface area contributed by atoms with Crippen molar-refractivity contribution in [2.75, 3.05) is 18.4 Å². The predicted molar refractivity (Wildman–Crippen MR) is 105 cm³/mol. The van der Waals surface area contributed by atoms with Crippen molar-refractivity contribution in [1.29, 1.82) is 0 Å². The third-order valence-corrected chi connectivity index (χ3v) is 6.35. The predicted octanol–water partition coefficient (Wildman–Crippen LogP) is 2.70. The van der Waals surface area contributed by atoms with Crippen molar-refractivity contribution in [3.63, 3.8) is 0 Å². The van der Waals surface area contributed by atoms with E-state index in [9.17, 15) is 19.5 Å². The van der Waals surface area contributed by atoms with Crippen LogP contribution in [0.3, 0.4) is 0 Å². The smallest absolute Gasteiger partial charge is 0.307 e. The van der Waals surface area contributed by atoms with Crippen molar-refractivity contribution in [3.8, 4) is 0 Å². The van der Waals surface area contributed by atoms with Gasteiger partial charge in [0.1, 0.15) is 0 Å². The number of aryl methyl sites for hydroxylation is 1. The molecule has 2 fully saturated rings. The Labute approximate surface area is 164 Å². The molecule has 2 amide bonds. The number of carbonyl (C=O) groups excluding carboxylic acids is 2. The zero-order chi connectivity index (χ0) is 19.7. The van der Waals surface area contributed by atoms with Gasteiger partial charge in [-0.3, -0.25) is 14.4 Å². The van der Waals surface area contributed by atoms with E-state index in [1.807, 2.05) is 41.3 Å². The summed E-state index contributed by atoms with van der Waals surface area (Å²) in [5, 5.41) is 12.4. The summed E-state index contributed by atoms with van der Waals surface area (Å²) in [5.74, 6) is -2.07. The van der Waals surface area contributed by atoms with Gasteiger partial charge in [0.2, 0.25) is 11.8 Å². The maximum atomic E-state index is 12.7. The summed E-state index contributed by atoms with van der Waals surface area (Å²) >= 11 is 0. The minimum absolute atomic E-state index is 0.0157. The lowest BCUT2D eigenvalue weighted by molar-refractivity contribution is -0.146. The molecular formula is C22H26N2O4. The Hall–Kier alpha value is -2.63. The summed E-state index contributed by atoms with van der Waals surface area (Å²) in [6, 6.07) is 7.49. The SMILES string of the molecule is O=C(O)C1C2C=CC(C2)C1C(=O)Nc1ccc(CCC(=O)N2CCCC2)cc1. The van der Waals surface area contributed by atoms with Crippen LogP contribution in [0.2, 0.25) is 0 Å². The van der Waals surface area contributed by atoms with Gasteiger partial charge in [0.25, 0.3) is 0 Å². The number of nitrogens with one attached hydrogen (secondary N) is 1. The van der Waals surface area contributed by atoms with Crippen LogP contribution in [0.1, 0.15) is 31.2 Å². The summed E-state index contributed by atoms with van der Waals surface area (Å²) in [6.45, 7) is 1.75. The van der Waals surface area contributed by atoms with Gasteiger partial charge < -0.3 is 15.3 Å². The first kappa shape index (κ1) is 18.7. The quantitative estimate of drug-likeness (QED) is 0.741. The Morgan fingerprint density at radius 3 is 2.29 bits per heavy atom. The topological polar surface area (TPSA) is 86.7 Å². The number of carbonyl (C=O) groups is 3. The fraction of sp³-hybridized carbons (Fsp3) is 0.500. The fourth-order valence-electron chi connectivity index (χ4n) is 4.87. The summed E-state index contributed by atoms with van der Waals surface area (Å²) < 4.78 is 0. The molecule has 1 heterocycles. The molecule has 2 bridgehead atoms. The molecule has 2 N–H and O–H groups in total. The van der Waals surface area contributed by atoms with Crippen LogP contribution >= 0.6 is 0 Å². The normalized spacial score (nSPS) is 27.9. The highest BCUT2D eigenvalue weighted by Gasteiger charge is 2.51. The van der Waals surface area contributed by atoms with Crippen LogP contribution < -0.4 is 5.32 Å². The van der Waals surface area contributed by atoms with Crippen LogP contribution in [0.25, 0.3) is 0 Å². The Balaban J connectivity index is 1.33. The number of hydrogen-bond donors (Lipinski definition) is 2. The van der Waals surface area contributed by atoms with Crippen LogP contribution in [0.5, 0.6) is 0 Å². The molecule has 28 heavy (non-hydrogen) atoms. The van der Waals surface area contributed by atoms with Gasteiger partial charge in [-0.25, -0.2) is 0 Å². The van der Waals surface area contributed by atoms with E-state index < -0.39 is 17.8 Å². The van der Waals surface area contributed by atoms with Crippen LogP contribution in [-0.4, -0.2) is 40.9 Å². The Bertz CT molecular complexity index is 795. The van der Waals surface area contributed by atoms with Gasteiger partial charge in [-0.05, 0) is 55.2 Å². The van der Waals surface area contributed by atoms with Gasteiger partial charge >= 0.3 is 5.97 Å². The molecular weight excluding hydrogens is 356 g/mol. The van der Waals surface area contributed by atoms with E-state index in [-0.39, 0.29) is 23.7 Å². The molecule has 1 saturated carbocycles. The van der Waals surface area contributed by atoms with Crippen LogP contribution in [0, 0.1) is 23.7 Å². The minimum Gasteiger partial charge on any atom is -0.481 e. The Morgan fingerprint density at radius 2 is 1.64 bits per heavy atom. The van der Waals surface area contributed by atoms with Crippen molar-refractivity contribution < 1.29 is 19.5 Å². The number of rotatable bonds is 6. The number of carboxylic acid groups (broad SMARTS) is 1. The van der Waals surface area contributed by atoms with Crippen molar-refractivity contribution in [1.82, 2.24) is 4.90 Å². The Morgan fingerprint density at radius 1 is 1.00 bits per heavy atom. The summed E-state index contributed by atoms with van der Waals surface area (Å²) in [6.07, 6.45) is 8.05. The van der Waals surface area contributed by atoms with Gasteiger partial charge in [0.05, 0.1) is 11.8 Å². The summed E-state index contributed by atoms with van der Waals surface area (Å²) in [5.41, 5.74) is 1.72. The van der Waals surface area contributed by atoms with E-state index in [1.165, 1.54) is 0 Å². The van der Waals surface area contributed by atoms with Crippen molar-refractivity contribution in [2.45, 2.75) is 32.1 Å². The minimum atomic E-state index is -0.894. The van der Waals surface area contributed by atoms with Gasteiger partial charge in [-0.1, -0.05) is 24.3 Å². The molecule has 0 radical (unpaired) electrons. The fourth-order valence-corrected chi connectivity index (χ4v) is 4.87. The number of carboxylic acids is 1. The van der Waals surface area contributed by atoms with Gasteiger partial charge in [-0.15, -0.1) is 0 Å². The second-order valence-electron chi connectivity index (χ2n) is 8.11. The number of nitrogens with zero attached hydrogens (tertiary/aromatic N) is 1. The second kappa shape index (κ2) is 7.78. The number of allylic oxidation sites excluding steroid dienone is 2. The standard InChI is InChI=1S/C22H26N2O4/c25-18(24-11-1-2-12-24)10-5-14-3-8-17(9-4-14)23-21(26)19-15-6-7-16(13-15)20(19)22(27)28/h3-4,6-9,15-16,19-20H,1-2,5,10-13H2,(H,23,26)(H,27,28). The lowest BCUT2D eigenvalue weighted by Gasteiger charge is -2.23. The zero-order valence-electron chi connectivity index (χ0n) is 15.8. The van der Waals surface area contributed by atoms with E-state index in [4.69, 9.17) is 0 Å². The average molecular weight is 382 g/mol. The van der Waals surface area contributed by atoms with Crippen molar-refractivity contribution in [2.24, 2.45) is 23.7 Å². The molecule has 4 atom stereocenters. The number of aliphatic carboxylic acids is 1. The molecule has 1 aliphatic heterocycles. The number of hydrogen-bond acceptors (Lipinski definition) is 3. The Kier molecular flexibility index (Phi) is 5.20. The third kappa shape index (κ3) is 3.68. The highest BCUT2D eigenvalue weighted by atomic mass is 16.4. The van der Waals surface area contributed by atoms with Gasteiger partial charge in [0, 0.05) is 25.2 Å². The summed E-state index contributed by atoms with van der Waals surface area (Å²) in [4.78, 5) is 38.4. The summed E-state index contributed by atoms with van der Waals surface area (Å²) in [7, 11) is 0. The maximum Gasteiger partial charge on any atom is 0.307 e. The van der Waals surface area contributed by atoms with Crippen LogP contribution in [-0.2, 0) is 20.8 Å². The molecule has 6 nitrogen and oxygen atoms in total. The molecule has 4 rings (SSSR count). The number of benzene rings is 1. The average Bonchev–Trinajstić information content (AvgIpc) is 3.43. The van der Waals surface area contributed by atoms with E-state index in [0.29, 0.717) is 18.5 Å². The molecule has 1 saturated heterocycles. The number of fused-ring (bicyclic) bond motifs is 2. The second-order valence-corrected chi connectivity index (χ2v) is 8.11. The lowest BCUT2D eigenvalue weighted by Crippen LogP contribution is -2.36. The highest BCUT2D eigenvalue weighted by molar-refractivity contribution is 5.96. The molecule has 0 aromatic heterocycles. The molecule has 1 aromatic carbocycles. The third-order valence-electron chi connectivity index (χ3n) is 6.35. The maximum absolute atomic E-state index is 12.7. The molecule has 1 aromatic rings. The highest BCUT2D eigenvalue weighted by Crippen LogP contribution is 2.48. The molecule has 0 spiro atoms. The van der Waals surface area contributed by atoms with E-state index in [2.05, 4.69) is 5.32 Å². The molecule has 148 valence electrons. The lowest BCUT2D eigenvalue weighted by atomic mass is 9.82. The first-order valence-electron chi connectivity index (χ1n) is 10.1. The zero-order valence-corrected chi connectivity index (χ0v) is 15.8. The van der Waals surface area contributed by atoms with E-state index in [1.54, 1.807) is 0 Å². The van der Waals surface area contributed by atoms with E-state index in [0.717, 1.165) is 37.9 Å². The number of amides is 2. The van der Waals surface area contributed by atoms with Crippen molar-refractivity contribution in [3.05, 3.63) is 42.0 Å². The number of likely N-dealkylation sites (tertiary alicyclic amines) is 1. The number of anilines is 1. The largest absolute Gasteiger partial charge is 0.481 e. The first-order valence-corrected chi connectivity index (χ1v) is 10.1. The monoisotopic (exact) mass is 382 g/mol.